The SMILES string of the molecule is CCCCC(/C=C\C(C)c1ccc2ccccc2c1)=C(/c1ccc(-c2ccccc2)cc1)c1ccccc1Cc1ccc2c(c1)C(C)(C)c1ccccc1-2. The van der Waals surface area contributed by atoms with Gasteiger partial charge in [0.1, 0.15) is 0 Å². The van der Waals surface area contributed by atoms with Gasteiger partial charge in [-0.2, -0.15) is 0 Å². The lowest BCUT2D eigenvalue weighted by molar-refractivity contribution is 0.659. The van der Waals surface area contributed by atoms with E-state index in [1.54, 1.807) is 0 Å². The molecule has 7 aromatic carbocycles. The number of unbranched alkanes of at least 4 members (excludes halogenated alkanes) is 1. The van der Waals surface area contributed by atoms with Gasteiger partial charge in [0.25, 0.3) is 0 Å². The van der Waals surface area contributed by atoms with Crippen molar-refractivity contribution >= 4 is 16.3 Å². The predicted molar refractivity (Wildman–Crippen MR) is 232 cm³/mol. The molecule has 1 aliphatic rings. The van der Waals surface area contributed by atoms with E-state index in [2.05, 4.69) is 204 Å². The molecule has 266 valence electrons. The van der Waals surface area contributed by atoms with E-state index in [0.717, 1.165) is 25.7 Å². The third kappa shape index (κ3) is 7.02. The van der Waals surface area contributed by atoms with Gasteiger partial charge in [0.15, 0.2) is 0 Å². The van der Waals surface area contributed by atoms with Crippen molar-refractivity contribution in [2.24, 2.45) is 0 Å². The Kier molecular flexibility index (Phi) is 10.0. The summed E-state index contributed by atoms with van der Waals surface area (Å²) < 4.78 is 0. The Hall–Kier alpha value is -5.72. The van der Waals surface area contributed by atoms with Crippen molar-refractivity contribution in [1.29, 1.82) is 0 Å². The highest BCUT2D eigenvalue weighted by Gasteiger charge is 2.35. The summed E-state index contributed by atoms with van der Waals surface area (Å²) in [4.78, 5) is 0. The molecule has 0 nitrogen and oxygen atoms in total. The zero-order chi connectivity index (χ0) is 37.1. The average Bonchev–Trinajstić information content (AvgIpc) is 3.45. The smallest absolute Gasteiger partial charge is 0.0158 e. The first-order valence-corrected chi connectivity index (χ1v) is 19.8. The van der Waals surface area contributed by atoms with Crippen molar-refractivity contribution < 1.29 is 0 Å². The van der Waals surface area contributed by atoms with E-state index in [0.29, 0.717) is 0 Å². The summed E-state index contributed by atoms with van der Waals surface area (Å²) in [5.74, 6) is 0.280. The van der Waals surface area contributed by atoms with Crippen LogP contribution in [0.15, 0.2) is 182 Å². The molecular weight excluding hydrogens is 649 g/mol. The summed E-state index contributed by atoms with van der Waals surface area (Å²) in [5.41, 5.74) is 17.5. The molecule has 0 radical (unpaired) electrons. The van der Waals surface area contributed by atoms with E-state index < -0.39 is 0 Å². The largest absolute Gasteiger partial charge is 0.0770 e. The Morgan fingerprint density at radius 3 is 2.11 bits per heavy atom. The van der Waals surface area contributed by atoms with Crippen LogP contribution in [0.2, 0.25) is 0 Å². The minimum atomic E-state index is -0.0210. The highest BCUT2D eigenvalue weighted by molar-refractivity contribution is 5.87. The molecule has 7 aromatic rings. The molecule has 1 atom stereocenters. The van der Waals surface area contributed by atoms with E-state index in [1.165, 1.54) is 83.1 Å². The molecule has 1 aliphatic carbocycles. The van der Waals surface area contributed by atoms with Crippen LogP contribution in [-0.4, -0.2) is 0 Å². The number of hydrogen-bond donors (Lipinski definition) is 0. The molecule has 0 heteroatoms. The second-order valence-corrected chi connectivity index (χ2v) is 15.6. The fourth-order valence-electron chi connectivity index (χ4n) is 8.50. The normalized spacial score (nSPS) is 14.1. The lowest BCUT2D eigenvalue weighted by Gasteiger charge is -2.22. The molecule has 0 aliphatic heterocycles. The minimum absolute atomic E-state index is 0.0210. The summed E-state index contributed by atoms with van der Waals surface area (Å²) in [6.07, 6.45) is 9.05. The van der Waals surface area contributed by atoms with Crippen molar-refractivity contribution in [3.63, 3.8) is 0 Å². The molecule has 0 bridgehead atoms. The third-order valence-electron chi connectivity index (χ3n) is 11.6. The number of hydrogen-bond acceptors (Lipinski definition) is 0. The van der Waals surface area contributed by atoms with Gasteiger partial charge in [-0.25, -0.2) is 0 Å². The number of allylic oxidation sites excluding steroid dienone is 3. The molecule has 0 heterocycles. The first kappa shape index (κ1) is 35.3. The zero-order valence-electron chi connectivity index (χ0n) is 32.1. The van der Waals surface area contributed by atoms with Crippen LogP contribution >= 0.6 is 0 Å². The van der Waals surface area contributed by atoms with Crippen molar-refractivity contribution in [1.82, 2.24) is 0 Å². The Labute approximate surface area is 322 Å². The Morgan fingerprint density at radius 2 is 1.30 bits per heavy atom. The maximum Gasteiger partial charge on any atom is 0.0158 e. The highest BCUT2D eigenvalue weighted by Crippen LogP contribution is 2.49. The van der Waals surface area contributed by atoms with E-state index in [-0.39, 0.29) is 11.3 Å². The van der Waals surface area contributed by atoms with Gasteiger partial charge >= 0.3 is 0 Å². The Morgan fingerprint density at radius 1 is 0.611 bits per heavy atom. The topological polar surface area (TPSA) is 0 Å². The van der Waals surface area contributed by atoms with Crippen LogP contribution in [0.3, 0.4) is 0 Å². The fourth-order valence-corrected chi connectivity index (χ4v) is 8.50. The van der Waals surface area contributed by atoms with E-state index in [4.69, 9.17) is 0 Å². The van der Waals surface area contributed by atoms with Gasteiger partial charge in [-0.1, -0.05) is 210 Å². The Bertz CT molecular complexity index is 2470. The molecule has 0 N–H and O–H groups in total. The summed E-state index contributed by atoms with van der Waals surface area (Å²) >= 11 is 0. The van der Waals surface area contributed by atoms with E-state index >= 15 is 0 Å². The van der Waals surface area contributed by atoms with Crippen LogP contribution in [0.4, 0.5) is 0 Å². The molecular formula is C54H50. The van der Waals surface area contributed by atoms with Gasteiger partial charge in [0.05, 0.1) is 0 Å². The molecule has 0 saturated heterocycles. The molecule has 54 heavy (non-hydrogen) atoms. The van der Waals surface area contributed by atoms with Crippen LogP contribution in [0, 0.1) is 0 Å². The number of rotatable bonds is 11. The second kappa shape index (κ2) is 15.3. The average molecular weight is 699 g/mol. The summed E-state index contributed by atoms with van der Waals surface area (Å²) in [6, 6.07) is 60.8. The van der Waals surface area contributed by atoms with E-state index in [1.807, 2.05) is 0 Å². The van der Waals surface area contributed by atoms with Crippen LogP contribution in [0.1, 0.15) is 91.8 Å². The monoisotopic (exact) mass is 698 g/mol. The standard InChI is InChI=1S/C54H50/c1-5-6-16-43(27-25-38(2)45-33-30-41-19-10-11-20-46(41)37-45)53(44-31-28-42(29-32-44)40-17-8-7-9-18-40)48-22-13-12-21-47(48)35-39-26-34-50-49-23-14-15-24-51(49)54(3,4)52(50)36-39/h7-15,17-34,36-38H,5-6,16,35H2,1-4H3/b27-25-,53-43+. The third-order valence-corrected chi connectivity index (χ3v) is 11.6. The summed E-state index contributed by atoms with van der Waals surface area (Å²) in [5, 5.41) is 2.58. The van der Waals surface area contributed by atoms with Crippen molar-refractivity contribution in [2.45, 2.75) is 64.7 Å². The Balaban J connectivity index is 1.23. The lowest BCUT2D eigenvalue weighted by atomic mass is 9.81. The fraction of sp³-hybridized carbons (Fsp3) is 0.185. The predicted octanol–water partition coefficient (Wildman–Crippen LogP) is 14.8. The van der Waals surface area contributed by atoms with Gasteiger partial charge in [-0.3, -0.25) is 0 Å². The van der Waals surface area contributed by atoms with Gasteiger partial charge in [-0.05, 0) is 108 Å². The summed E-state index contributed by atoms with van der Waals surface area (Å²) in [6.45, 7) is 9.38. The van der Waals surface area contributed by atoms with Crippen molar-refractivity contribution in [3.8, 4) is 22.3 Å². The van der Waals surface area contributed by atoms with Crippen LogP contribution in [0.25, 0.3) is 38.6 Å². The van der Waals surface area contributed by atoms with E-state index in [9.17, 15) is 0 Å². The molecule has 0 spiro atoms. The highest BCUT2D eigenvalue weighted by atomic mass is 14.4. The zero-order valence-corrected chi connectivity index (χ0v) is 32.1. The number of fused-ring (bicyclic) bond motifs is 4. The summed E-state index contributed by atoms with van der Waals surface area (Å²) in [7, 11) is 0. The minimum Gasteiger partial charge on any atom is -0.0770 e. The maximum absolute atomic E-state index is 2.48. The molecule has 0 amide bonds. The van der Waals surface area contributed by atoms with Crippen molar-refractivity contribution in [3.05, 3.63) is 220 Å². The molecule has 1 unspecified atom stereocenters. The lowest BCUT2D eigenvalue weighted by Crippen LogP contribution is -2.15. The molecule has 0 saturated carbocycles. The van der Waals surface area contributed by atoms with Crippen LogP contribution in [-0.2, 0) is 11.8 Å². The first-order valence-electron chi connectivity index (χ1n) is 19.8. The van der Waals surface area contributed by atoms with Gasteiger partial charge in [-0.15, -0.1) is 0 Å². The quantitative estimate of drug-likeness (QED) is 0.118. The van der Waals surface area contributed by atoms with Gasteiger partial charge in [0.2, 0.25) is 0 Å². The van der Waals surface area contributed by atoms with Crippen LogP contribution in [0.5, 0.6) is 0 Å². The first-order chi connectivity index (χ1) is 26.4. The molecule has 0 aromatic heterocycles. The maximum atomic E-state index is 2.48. The molecule has 8 rings (SSSR count). The van der Waals surface area contributed by atoms with Gasteiger partial charge < -0.3 is 0 Å². The van der Waals surface area contributed by atoms with Crippen molar-refractivity contribution in [2.75, 3.05) is 0 Å². The van der Waals surface area contributed by atoms with Gasteiger partial charge in [0, 0.05) is 5.41 Å². The van der Waals surface area contributed by atoms with Crippen LogP contribution < -0.4 is 0 Å². The second-order valence-electron chi connectivity index (χ2n) is 15.6. The number of benzene rings is 7. The molecule has 0 fully saturated rings.